The fraction of sp³-hybridized carbons (Fsp3) is 0.190. The Kier molecular flexibility index (Phi) is 4.86. The smallest absolute Gasteiger partial charge is 0.258 e. The number of ether oxygens (including phenoxy) is 1. The highest BCUT2D eigenvalue weighted by Crippen LogP contribution is 2.31. The van der Waals surface area contributed by atoms with Crippen LogP contribution in [-0.4, -0.2) is 18.7 Å². The number of nitrogens with zero attached hydrogens (tertiary/aromatic N) is 1. The molecule has 1 heterocycles. The fourth-order valence-corrected chi connectivity index (χ4v) is 3.35. The second-order valence-electron chi connectivity index (χ2n) is 6.39. The third-order valence-electron chi connectivity index (χ3n) is 4.25. The summed E-state index contributed by atoms with van der Waals surface area (Å²) in [5.41, 5.74) is -1.07. The molecule has 0 fully saturated rings. The van der Waals surface area contributed by atoms with Gasteiger partial charge in [-0.1, -0.05) is 6.07 Å². The SMILES string of the molecule is [2H]C([2H])([2H])c1ccc(C)n(-c2cc(Oc3ccc(F)cc3F)ccc2NS(=O)(=O)CC)c1=O. The number of benzene rings is 2. The maximum Gasteiger partial charge on any atom is 0.258 e. The van der Waals surface area contributed by atoms with Crippen molar-refractivity contribution in [2.75, 3.05) is 10.5 Å². The Hall–Kier alpha value is -3.20. The summed E-state index contributed by atoms with van der Waals surface area (Å²) in [5, 5.41) is 0. The van der Waals surface area contributed by atoms with Crippen molar-refractivity contribution in [2.24, 2.45) is 0 Å². The Morgan fingerprint density at radius 1 is 1.13 bits per heavy atom. The standard InChI is InChI=1S/C21H20F2N2O4S/c1-4-30(27,28)24-18-9-8-16(29-20-10-7-15(22)11-17(20)23)12-19(18)25-14(3)6-5-13(2)21(25)26/h5-12,24H,4H2,1-3H3/i2D3. The van der Waals surface area contributed by atoms with E-state index in [9.17, 15) is 22.0 Å². The quantitative estimate of drug-likeness (QED) is 0.624. The summed E-state index contributed by atoms with van der Waals surface area (Å²) in [4.78, 5) is 13.1. The van der Waals surface area contributed by atoms with Crippen molar-refractivity contribution in [3.05, 3.63) is 81.8 Å². The van der Waals surface area contributed by atoms with Crippen molar-refractivity contribution < 1.29 is 26.0 Å². The Morgan fingerprint density at radius 3 is 2.57 bits per heavy atom. The van der Waals surface area contributed by atoms with E-state index in [1.165, 1.54) is 44.2 Å². The molecule has 158 valence electrons. The van der Waals surface area contributed by atoms with Crippen LogP contribution in [-0.2, 0) is 10.0 Å². The first-order chi connectivity index (χ1) is 15.3. The van der Waals surface area contributed by atoms with Crippen molar-refractivity contribution in [1.82, 2.24) is 4.57 Å². The summed E-state index contributed by atoms with van der Waals surface area (Å²) in [6.07, 6.45) is 0. The normalized spacial score (nSPS) is 13.3. The molecule has 3 aromatic rings. The largest absolute Gasteiger partial charge is 0.454 e. The van der Waals surface area contributed by atoms with Crippen LogP contribution in [0.1, 0.15) is 22.3 Å². The summed E-state index contributed by atoms with van der Waals surface area (Å²) in [5.74, 6) is -2.32. The van der Waals surface area contributed by atoms with Crippen LogP contribution < -0.4 is 15.0 Å². The summed E-state index contributed by atoms with van der Waals surface area (Å²) < 4.78 is 83.3. The van der Waals surface area contributed by atoms with Crippen molar-refractivity contribution in [1.29, 1.82) is 0 Å². The minimum Gasteiger partial charge on any atom is -0.454 e. The lowest BCUT2D eigenvalue weighted by molar-refractivity contribution is 0.437. The van der Waals surface area contributed by atoms with Gasteiger partial charge in [-0.3, -0.25) is 14.1 Å². The second-order valence-corrected chi connectivity index (χ2v) is 8.40. The van der Waals surface area contributed by atoms with Crippen LogP contribution in [0.5, 0.6) is 11.5 Å². The van der Waals surface area contributed by atoms with Gasteiger partial charge >= 0.3 is 0 Å². The van der Waals surface area contributed by atoms with Gasteiger partial charge in [0.15, 0.2) is 11.6 Å². The molecule has 3 rings (SSSR count). The summed E-state index contributed by atoms with van der Waals surface area (Å²) in [6.45, 7) is 0.250. The van der Waals surface area contributed by atoms with Crippen LogP contribution in [0.25, 0.3) is 5.69 Å². The van der Waals surface area contributed by atoms with E-state index in [-0.39, 0.29) is 28.6 Å². The molecule has 0 bridgehead atoms. The number of hydrogen-bond acceptors (Lipinski definition) is 4. The molecular weight excluding hydrogens is 414 g/mol. The van der Waals surface area contributed by atoms with Crippen molar-refractivity contribution in [3.8, 4) is 17.2 Å². The monoisotopic (exact) mass is 437 g/mol. The molecule has 9 heteroatoms. The van der Waals surface area contributed by atoms with E-state index in [1.807, 2.05) is 0 Å². The van der Waals surface area contributed by atoms with Crippen LogP contribution in [0.3, 0.4) is 0 Å². The lowest BCUT2D eigenvalue weighted by atomic mass is 10.2. The molecule has 0 aliphatic heterocycles. The van der Waals surface area contributed by atoms with Crippen molar-refractivity contribution in [2.45, 2.75) is 20.7 Å². The Balaban J connectivity index is 2.23. The molecule has 0 spiro atoms. The van der Waals surface area contributed by atoms with E-state index in [0.717, 1.165) is 16.7 Å². The van der Waals surface area contributed by atoms with Gasteiger partial charge in [0.05, 0.1) is 17.1 Å². The first kappa shape index (κ1) is 17.6. The maximum atomic E-state index is 14.0. The van der Waals surface area contributed by atoms with E-state index in [4.69, 9.17) is 8.85 Å². The van der Waals surface area contributed by atoms with Gasteiger partial charge in [-0.2, -0.15) is 0 Å². The highest BCUT2D eigenvalue weighted by Gasteiger charge is 2.17. The first-order valence-corrected chi connectivity index (χ1v) is 10.5. The average Bonchev–Trinajstić information content (AvgIpc) is 2.70. The zero-order valence-electron chi connectivity index (χ0n) is 19.1. The molecular formula is C21H20F2N2O4S. The number of aryl methyl sites for hydroxylation is 2. The molecule has 6 nitrogen and oxygen atoms in total. The van der Waals surface area contributed by atoms with Crippen LogP contribution in [0, 0.1) is 25.4 Å². The van der Waals surface area contributed by atoms with Gasteiger partial charge in [0.25, 0.3) is 5.56 Å². The molecule has 0 aliphatic carbocycles. The third kappa shape index (κ3) is 4.51. The van der Waals surface area contributed by atoms with Crippen molar-refractivity contribution in [3.63, 3.8) is 0 Å². The predicted molar refractivity (Wildman–Crippen MR) is 111 cm³/mol. The van der Waals surface area contributed by atoms with Gasteiger partial charge in [0, 0.05) is 27.5 Å². The number of rotatable bonds is 6. The molecule has 0 amide bonds. The molecule has 1 aromatic heterocycles. The molecule has 2 aromatic carbocycles. The minimum absolute atomic E-state index is 0.000501. The molecule has 0 atom stereocenters. The number of pyridine rings is 1. The van der Waals surface area contributed by atoms with Gasteiger partial charge in [0.2, 0.25) is 10.0 Å². The van der Waals surface area contributed by atoms with Crippen LogP contribution in [0.2, 0.25) is 0 Å². The molecule has 0 saturated heterocycles. The lowest BCUT2D eigenvalue weighted by Gasteiger charge is -2.18. The minimum atomic E-state index is -3.77. The molecule has 0 aliphatic rings. The zero-order chi connectivity index (χ0) is 24.6. The Morgan fingerprint density at radius 2 is 1.90 bits per heavy atom. The molecule has 0 unspecified atom stereocenters. The van der Waals surface area contributed by atoms with E-state index in [0.29, 0.717) is 11.8 Å². The first-order valence-electron chi connectivity index (χ1n) is 10.3. The number of aromatic nitrogens is 1. The van der Waals surface area contributed by atoms with E-state index in [1.54, 1.807) is 0 Å². The fourth-order valence-electron chi connectivity index (χ4n) is 2.70. The Bertz CT molecular complexity index is 1370. The highest BCUT2D eigenvalue weighted by atomic mass is 32.2. The molecule has 0 radical (unpaired) electrons. The van der Waals surface area contributed by atoms with E-state index >= 15 is 0 Å². The van der Waals surface area contributed by atoms with Crippen LogP contribution in [0.15, 0.2) is 53.3 Å². The summed E-state index contributed by atoms with van der Waals surface area (Å²) in [7, 11) is -3.77. The highest BCUT2D eigenvalue weighted by molar-refractivity contribution is 7.92. The van der Waals surface area contributed by atoms with E-state index < -0.39 is 39.6 Å². The van der Waals surface area contributed by atoms with E-state index in [2.05, 4.69) is 4.72 Å². The van der Waals surface area contributed by atoms with Gasteiger partial charge in [-0.05, 0) is 51.0 Å². The topological polar surface area (TPSA) is 77.4 Å². The number of nitrogens with one attached hydrogen (secondary N) is 1. The van der Waals surface area contributed by atoms with Crippen molar-refractivity contribution >= 4 is 15.7 Å². The third-order valence-corrected chi connectivity index (χ3v) is 5.55. The second kappa shape index (κ2) is 8.27. The summed E-state index contributed by atoms with van der Waals surface area (Å²) >= 11 is 0. The molecule has 1 N–H and O–H groups in total. The van der Waals surface area contributed by atoms with Crippen LogP contribution in [0.4, 0.5) is 14.5 Å². The number of halogens is 2. The number of sulfonamides is 1. The molecule has 0 saturated carbocycles. The maximum absolute atomic E-state index is 14.0. The number of anilines is 1. The van der Waals surface area contributed by atoms with Gasteiger partial charge in [-0.25, -0.2) is 17.2 Å². The predicted octanol–water partition coefficient (Wildman–Crippen LogP) is 4.29. The van der Waals surface area contributed by atoms with Gasteiger partial charge in [0.1, 0.15) is 11.6 Å². The molecule has 30 heavy (non-hydrogen) atoms. The van der Waals surface area contributed by atoms with Gasteiger partial charge < -0.3 is 4.74 Å². The summed E-state index contributed by atoms with van der Waals surface area (Å²) in [6, 6.07) is 9.19. The average molecular weight is 437 g/mol. The van der Waals surface area contributed by atoms with Crippen LogP contribution >= 0.6 is 0 Å². The Labute approximate surface area is 177 Å². The number of hydrogen-bond donors (Lipinski definition) is 1. The lowest BCUT2D eigenvalue weighted by Crippen LogP contribution is -2.24. The zero-order valence-corrected chi connectivity index (χ0v) is 16.9. The van der Waals surface area contributed by atoms with Gasteiger partial charge in [-0.15, -0.1) is 0 Å².